The molecule has 0 saturated heterocycles. The molecule has 4 nitrogen and oxygen atoms in total. The van der Waals surface area contributed by atoms with Crippen molar-refractivity contribution in [1.29, 1.82) is 0 Å². The lowest BCUT2D eigenvalue weighted by Crippen LogP contribution is -2.11. The number of nitrogens with zero attached hydrogens (tertiary/aromatic N) is 2. The van der Waals surface area contributed by atoms with Crippen LogP contribution in [0, 0.1) is 0 Å². The summed E-state index contributed by atoms with van der Waals surface area (Å²) in [6.07, 6.45) is 3.54. The standard InChI is InChI=1S/C17H17N3O/c1-13(18)16-11-19-12-20(16)15-9-5-6-10-17(15)21-14-7-3-2-4-8-14/h2-13H,18H2,1H3. The van der Waals surface area contributed by atoms with Crippen molar-refractivity contribution in [2.45, 2.75) is 13.0 Å². The van der Waals surface area contributed by atoms with Gasteiger partial charge < -0.3 is 10.5 Å². The number of hydrogen-bond donors (Lipinski definition) is 1. The van der Waals surface area contributed by atoms with E-state index in [2.05, 4.69) is 4.98 Å². The van der Waals surface area contributed by atoms with Crippen molar-refractivity contribution in [3.8, 4) is 17.2 Å². The van der Waals surface area contributed by atoms with Crippen LogP contribution >= 0.6 is 0 Å². The Morgan fingerprint density at radius 2 is 1.76 bits per heavy atom. The van der Waals surface area contributed by atoms with E-state index >= 15 is 0 Å². The number of rotatable bonds is 4. The molecule has 1 heterocycles. The van der Waals surface area contributed by atoms with Gasteiger partial charge in [0.2, 0.25) is 0 Å². The number of ether oxygens (including phenoxy) is 1. The van der Waals surface area contributed by atoms with Gasteiger partial charge in [-0.25, -0.2) is 4.98 Å². The van der Waals surface area contributed by atoms with E-state index in [4.69, 9.17) is 10.5 Å². The fourth-order valence-corrected chi connectivity index (χ4v) is 2.20. The smallest absolute Gasteiger partial charge is 0.151 e. The monoisotopic (exact) mass is 279 g/mol. The third kappa shape index (κ3) is 2.80. The Labute approximate surface area is 123 Å². The third-order valence-corrected chi connectivity index (χ3v) is 3.23. The van der Waals surface area contributed by atoms with Gasteiger partial charge in [-0.3, -0.25) is 4.57 Å². The zero-order valence-corrected chi connectivity index (χ0v) is 11.8. The third-order valence-electron chi connectivity index (χ3n) is 3.23. The normalized spacial score (nSPS) is 12.1. The molecule has 0 radical (unpaired) electrons. The highest BCUT2D eigenvalue weighted by Crippen LogP contribution is 2.29. The second kappa shape index (κ2) is 5.81. The molecule has 1 unspecified atom stereocenters. The summed E-state index contributed by atoms with van der Waals surface area (Å²) in [5.41, 5.74) is 7.86. The van der Waals surface area contributed by atoms with E-state index < -0.39 is 0 Å². The minimum atomic E-state index is -0.0997. The van der Waals surface area contributed by atoms with Crippen LogP contribution in [0.25, 0.3) is 5.69 Å². The summed E-state index contributed by atoms with van der Waals surface area (Å²) < 4.78 is 7.94. The Bertz CT molecular complexity index is 720. The van der Waals surface area contributed by atoms with Crippen LogP contribution < -0.4 is 10.5 Å². The highest BCUT2D eigenvalue weighted by atomic mass is 16.5. The molecule has 21 heavy (non-hydrogen) atoms. The molecule has 0 aliphatic heterocycles. The first kappa shape index (κ1) is 13.4. The number of benzene rings is 2. The van der Waals surface area contributed by atoms with Crippen LogP contribution in [-0.4, -0.2) is 9.55 Å². The first-order chi connectivity index (χ1) is 10.3. The van der Waals surface area contributed by atoms with Gasteiger partial charge in [0.25, 0.3) is 0 Å². The molecule has 1 aromatic heterocycles. The predicted octanol–water partition coefficient (Wildman–Crippen LogP) is 3.68. The second-order valence-electron chi connectivity index (χ2n) is 4.86. The van der Waals surface area contributed by atoms with Crippen molar-refractivity contribution in [2.75, 3.05) is 0 Å². The molecule has 106 valence electrons. The Morgan fingerprint density at radius 1 is 1.05 bits per heavy atom. The number of para-hydroxylation sites is 3. The summed E-state index contributed by atoms with van der Waals surface area (Å²) in [6.45, 7) is 1.94. The first-order valence-electron chi connectivity index (χ1n) is 6.86. The van der Waals surface area contributed by atoms with Gasteiger partial charge in [-0.1, -0.05) is 30.3 Å². The lowest BCUT2D eigenvalue weighted by atomic mass is 10.2. The van der Waals surface area contributed by atoms with Crippen molar-refractivity contribution >= 4 is 0 Å². The second-order valence-corrected chi connectivity index (χ2v) is 4.86. The predicted molar refractivity (Wildman–Crippen MR) is 82.7 cm³/mol. The summed E-state index contributed by atoms with van der Waals surface area (Å²) in [5, 5.41) is 0. The van der Waals surface area contributed by atoms with Gasteiger partial charge in [0.1, 0.15) is 5.75 Å². The molecule has 0 saturated carbocycles. The van der Waals surface area contributed by atoms with Crippen molar-refractivity contribution in [2.24, 2.45) is 5.73 Å². The first-order valence-corrected chi connectivity index (χ1v) is 6.86. The van der Waals surface area contributed by atoms with Gasteiger partial charge in [0, 0.05) is 6.04 Å². The van der Waals surface area contributed by atoms with Crippen LogP contribution in [0.15, 0.2) is 67.1 Å². The van der Waals surface area contributed by atoms with Crippen LogP contribution in [-0.2, 0) is 0 Å². The highest BCUT2D eigenvalue weighted by Gasteiger charge is 2.12. The molecule has 0 aliphatic rings. The topological polar surface area (TPSA) is 53.1 Å². The molecule has 3 aromatic rings. The molecule has 0 fully saturated rings. The Balaban J connectivity index is 2.02. The minimum absolute atomic E-state index is 0.0997. The number of nitrogens with two attached hydrogens (primary N) is 1. The SMILES string of the molecule is CC(N)c1cncn1-c1ccccc1Oc1ccccc1. The van der Waals surface area contributed by atoms with E-state index in [-0.39, 0.29) is 6.04 Å². The molecule has 1 atom stereocenters. The van der Waals surface area contributed by atoms with Gasteiger partial charge >= 0.3 is 0 Å². The summed E-state index contributed by atoms with van der Waals surface area (Å²) in [6, 6.07) is 17.5. The van der Waals surface area contributed by atoms with E-state index in [0.29, 0.717) is 0 Å². The number of hydrogen-bond acceptors (Lipinski definition) is 3. The maximum atomic E-state index is 6.00. The molecule has 2 aromatic carbocycles. The van der Waals surface area contributed by atoms with E-state index in [1.807, 2.05) is 66.1 Å². The maximum absolute atomic E-state index is 6.00. The minimum Gasteiger partial charge on any atom is -0.455 e. The molecule has 3 rings (SSSR count). The fraction of sp³-hybridized carbons (Fsp3) is 0.118. The van der Waals surface area contributed by atoms with E-state index in [1.165, 1.54) is 0 Å². The van der Waals surface area contributed by atoms with Crippen LogP contribution in [0.1, 0.15) is 18.7 Å². The van der Waals surface area contributed by atoms with Gasteiger partial charge in [-0.05, 0) is 31.2 Å². The zero-order valence-electron chi connectivity index (χ0n) is 11.8. The molecule has 2 N–H and O–H groups in total. The van der Waals surface area contributed by atoms with Crippen LogP contribution in [0.4, 0.5) is 0 Å². The molecule has 0 amide bonds. The van der Waals surface area contributed by atoms with Gasteiger partial charge in [-0.15, -0.1) is 0 Å². The van der Waals surface area contributed by atoms with Crippen LogP contribution in [0.2, 0.25) is 0 Å². The largest absolute Gasteiger partial charge is 0.455 e. The van der Waals surface area contributed by atoms with Crippen molar-refractivity contribution in [1.82, 2.24) is 9.55 Å². The molecule has 0 aliphatic carbocycles. The molecule has 4 heteroatoms. The van der Waals surface area contributed by atoms with E-state index in [1.54, 1.807) is 12.5 Å². The quantitative estimate of drug-likeness (QED) is 0.792. The van der Waals surface area contributed by atoms with Crippen LogP contribution in [0.3, 0.4) is 0 Å². The Kier molecular flexibility index (Phi) is 3.71. The van der Waals surface area contributed by atoms with Crippen LogP contribution in [0.5, 0.6) is 11.5 Å². The summed E-state index contributed by atoms with van der Waals surface area (Å²) >= 11 is 0. The lowest BCUT2D eigenvalue weighted by Gasteiger charge is -2.15. The fourth-order valence-electron chi connectivity index (χ4n) is 2.20. The summed E-state index contributed by atoms with van der Waals surface area (Å²) in [5.74, 6) is 1.57. The van der Waals surface area contributed by atoms with Gasteiger partial charge in [0.05, 0.1) is 23.9 Å². The molecule has 0 bridgehead atoms. The zero-order chi connectivity index (χ0) is 14.7. The molecule has 0 spiro atoms. The van der Waals surface area contributed by atoms with Crippen molar-refractivity contribution in [3.05, 3.63) is 72.8 Å². The summed E-state index contributed by atoms with van der Waals surface area (Å²) in [7, 11) is 0. The average Bonchev–Trinajstić information content (AvgIpc) is 2.98. The van der Waals surface area contributed by atoms with Crippen molar-refractivity contribution < 1.29 is 4.74 Å². The highest BCUT2D eigenvalue weighted by molar-refractivity contribution is 5.49. The lowest BCUT2D eigenvalue weighted by molar-refractivity contribution is 0.479. The maximum Gasteiger partial charge on any atom is 0.151 e. The Hall–Kier alpha value is -2.59. The van der Waals surface area contributed by atoms with E-state index in [0.717, 1.165) is 22.9 Å². The van der Waals surface area contributed by atoms with E-state index in [9.17, 15) is 0 Å². The number of imidazole rings is 1. The Morgan fingerprint density at radius 3 is 2.52 bits per heavy atom. The molecular weight excluding hydrogens is 262 g/mol. The molecular formula is C17H17N3O. The van der Waals surface area contributed by atoms with Crippen molar-refractivity contribution in [3.63, 3.8) is 0 Å². The number of aromatic nitrogens is 2. The van der Waals surface area contributed by atoms with Gasteiger partial charge in [0.15, 0.2) is 5.75 Å². The summed E-state index contributed by atoms with van der Waals surface area (Å²) in [4.78, 5) is 4.20. The average molecular weight is 279 g/mol. The van der Waals surface area contributed by atoms with Gasteiger partial charge in [-0.2, -0.15) is 0 Å².